The molecule has 0 bridgehead atoms. The molecule has 1 saturated carbocycles. The molecule has 0 spiro atoms. The molecule has 0 heterocycles. The van der Waals surface area contributed by atoms with Gasteiger partial charge < -0.3 is 20.1 Å². The van der Waals surface area contributed by atoms with E-state index in [2.05, 4.69) is 10.6 Å². The zero-order valence-electron chi connectivity index (χ0n) is 15.9. The molecule has 1 aliphatic rings. The largest absolute Gasteiger partial charge is 0.497 e. The van der Waals surface area contributed by atoms with E-state index in [-0.39, 0.29) is 37.3 Å². The predicted octanol–water partition coefficient (Wildman–Crippen LogP) is 4.13. The van der Waals surface area contributed by atoms with Gasteiger partial charge in [0, 0.05) is 24.6 Å². The summed E-state index contributed by atoms with van der Waals surface area (Å²) >= 11 is 0. The molecule has 1 aliphatic carbocycles. The Bertz CT molecular complexity index is 637. The molecule has 0 saturated heterocycles. The predicted molar refractivity (Wildman–Crippen MR) is 97.2 cm³/mol. The number of rotatable bonds is 7. The highest BCUT2D eigenvalue weighted by Crippen LogP contribution is 2.37. The monoisotopic (exact) mass is 388 g/mol. The number of carbonyl (C=O) groups excluding carboxylic acids is 1. The number of hydrogen-bond acceptors (Lipinski definition) is 4. The van der Waals surface area contributed by atoms with Gasteiger partial charge in [-0.05, 0) is 38.3 Å². The molecular formula is C19H27F3N2O3. The molecule has 1 aromatic rings. The lowest BCUT2D eigenvalue weighted by Gasteiger charge is -2.32. The first-order chi connectivity index (χ1) is 12.7. The van der Waals surface area contributed by atoms with Crippen LogP contribution < -0.4 is 20.1 Å². The molecule has 152 valence electrons. The van der Waals surface area contributed by atoms with Crippen LogP contribution >= 0.6 is 0 Å². The zero-order chi connectivity index (χ0) is 20.0. The van der Waals surface area contributed by atoms with Crippen molar-refractivity contribution in [2.45, 2.75) is 57.3 Å². The smallest absolute Gasteiger partial charge is 0.391 e. The summed E-state index contributed by atoms with van der Waals surface area (Å²) in [6.45, 7) is 1.81. The van der Waals surface area contributed by atoms with Crippen molar-refractivity contribution in [2.75, 3.05) is 19.5 Å². The first-order valence-electron chi connectivity index (χ1n) is 9.07. The first kappa shape index (κ1) is 21.3. The Kier molecular flexibility index (Phi) is 7.35. The van der Waals surface area contributed by atoms with Gasteiger partial charge in [0.2, 0.25) is 5.91 Å². The van der Waals surface area contributed by atoms with Gasteiger partial charge in [0.15, 0.2) is 0 Å². The number of alkyl halides is 3. The molecule has 3 unspecified atom stereocenters. The number of nitrogens with one attached hydrogen (secondary N) is 2. The Balaban J connectivity index is 1.87. The molecule has 2 rings (SSSR count). The van der Waals surface area contributed by atoms with Gasteiger partial charge in [-0.1, -0.05) is 6.42 Å². The first-order valence-corrected chi connectivity index (χ1v) is 9.07. The molecule has 27 heavy (non-hydrogen) atoms. The highest BCUT2D eigenvalue weighted by molar-refractivity contribution is 5.92. The van der Waals surface area contributed by atoms with Gasteiger partial charge in [-0.3, -0.25) is 4.79 Å². The average Bonchev–Trinajstić information content (AvgIpc) is 2.61. The molecule has 1 amide bonds. The van der Waals surface area contributed by atoms with Crippen molar-refractivity contribution in [1.82, 2.24) is 5.32 Å². The summed E-state index contributed by atoms with van der Waals surface area (Å²) in [4.78, 5) is 12.3. The average molecular weight is 388 g/mol. The lowest BCUT2D eigenvalue weighted by atomic mass is 9.85. The number of hydrogen-bond donors (Lipinski definition) is 2. The molecule has 0 aromatic heterocycles. The summed E-state index contributed by atoms with van der Waals surface area (Å²) in [5.74, 6) is -0.407. The van der Waals surface area contributed by atoms with Crippen LogP contribution in [0.25, 0.3) is 0 Å². The molecule has 5 nitrogen and oxygen atoms in total. The van der Waals surface area contributed by atoms with Crippen molar-refractivity contribution >= 4 is 11.6 Å². The van der Waals surface area contributed by atoms with Crippen molar-refractivity contribution in [3.63, 3.8) is 0 Å². The van der Waals surface area contributed by atoms with Crippen molar-refractivity contribution in [2.24, 2.45) is 5.92 Å². The maximum atomic E-state index is 12.9. The number of anilines is 1. The second-order valence-electron chi connectivity index (χ2n) is 6.99. The van der Waals surface area contributed by atoms with E-state index in [4.69, 9.17) is 9.47 Å². The van der Waals surface area contributed by atoms with E-state index >= 15 is 0 Å². The summed E-state index contributed by atoms with van der Waals surface area (Å²) < 4.78 is 49.1. The van der Waals surface area contributed by atoms with Crippen molar-refractivity contribution in [3.8, 4) is 11.5 Å². The maximum absolute atomic E-state index is 12.9. The lowest BCUT2D eigenvalue weighted by Crippen LogP contribution is -2.43. The minimum atomic E-state index is -4.15. The summed E-state index contributed by atoms with van der Waals surface area (Å²) in [5.41, 5.74) is 0.519. The molecule has 1 fully saturated rings. The highest BCUT2D eigenvalue weighted by Gasteiger charge is 2.42. The molecular weight excluding hydrogens is 361 g/mol. The van der Waals surface area contributed by atoms with E-state index in [0.717, 1.165) is 0 Å². The fourth-order valence-electron chi connectivity index (χ4n) is 3.48. The number of benzene rings is 1. The topological polar surface area (TPSA) is 59.6 Å². The summed E-state index contributed by atoms with van der Waals surface area (Å²) in [6.07, 6.45) is -2.49. The van der Waals surface area contributed by atoms with Crippen LogP contribution in [-0.4, -0.2) is 38.4 Å². The Hall–Kier alpha value is -1.96. The van der Waals surface area contributed by atoms with Crippen molar-refractivity contribution in [1.29, 1.82) is 0 Å². The second-order valence-corrected chi connectivity index (χ2v) is 6.99. The maximum Gasteiger partial charge on any atom is 0.391 e. The Morgan fingerprint density at radius 1 is 1.26 bits per heavy atom. The number of carbonyl (C=O) groups is 1. The fourth-order valence-corrected chi connectivity index (χ4v) is 3.48. The molecule has 0 radical (unpaired) electrons. The standard InChI is InChI=1S/C19H27F3N2O3/c1-12(23-14-6-4-5-13(10-14)19(20,21)22)9-18(25)24-16-8-7-15(26-2)11-17(16)27-3/h7-8,11-14,23H,4-6,9-10H2,1-3H3,(H,24,25). The van der Waals surface area contributed by atoms with Gasteiger partial charge in [-0.2, -0.15) is 13.2 Å². The number of methoxy groups -OCH3 is 2. The van der Waals surface area contributed by atoms with Crippen LogP contribution in [0.2, 0.25) is 0 Å². The zero-order valence-corrected chi connectivity index (χ0v) is 15.9. The van der Waals surface area contributed by atoms with Gasteiger partial charge in [-0.25, -0.2) is 0 Å². The van der Waals surface area contributed by atoms with E-state index < -0.39 is 12.1 Å². The van der Waals surface area contributed by atoms with Gasteiger partial charge in [-0.15, -0.1) is 0 Å². The SMILES string of the molecule is COc1ccc(NC(=O)CC(C)NC2CCCC(C(F)(F)F)C2)c(OC)c1. The van der Waals surface area contributed by atoms with Crippen LogP contribution in [0.15, 0.2) is 18.2 Å². The summed E-state index contributed by atoms with van der Waals surface area (Å²) in [5, 5.41) is 5.95. The van der Waals surface area contributed by atoms with E-state index in [1.165, 1.54) is 14.2 Å². The highest BCUT2D eigenvalue weighted by atomic mass is 19.4. The second kappa shape index (κ2) is 9.30. The van der Waals surface area contributed by atoms with E-state index in [0.29, 0.717) is 30.0 Å². The van der Waals surface area contributed by atoms with Crippen molar-refractivity contribution in [3.05, 3.63) is 18.2 Å². The molecule has 3 atom stereocenters. The minimum absolute atomic E-state index is 0.0712. The van der Waals surface area contributed by atoms with Crippen molar-refractivity contribution < 1.29 is 27.4 Å². The molecule has 0 aliphatic heterocycles. The third-order valence-electron chi connectivity index (χ3n) is 4.83. The molecule has 8 heteroatoms. The minimum Gasteiger partial charge on any atom is -0.497 e. The van der Waals surface area contributed by atoms with Crippen LogP contribution in [0.3, 0.4) is 0 Å². The van der Waals surface area contributed by atoms with Crippen LogP contribution in [0, 0.1) is 5.92 Å². The quantitative estimate of drug-likeness (QED) is 0.737. The molecule has 1 aromatic carbocycles. The van der Waals surface area contributed by atoms with Gasteiger partial charge in [0.05, 0.1) is 25.8 Å². The Morgan fingerprint density at radius 2 is 2.00 bits per heavy atom. The molecule has 2 N–H and O–H groups in total. The fraction of sp³-hybridized carbons (Fsp3) is 0.632. The lowest BCUT2D eigenvalue weighted by molar-refractivity contribution is -0.183. The van der Waals surface area contributed by atoms with Gasteiger partial charge in [0.25, 0.3) is 0 Å². The van der Waals surface area contributed by atoms with E-state index in [9.17, 15) is 18.0 Å². The summed E-state index contributed by atoms with van der Waals surface area (Å²) in [7, 11) is 3.03. The number of halogens is 3. The summed E-state index contributed by atoms with van der Waals surface area (Å²) in [6, 6.07) is 4.60. The van der Waals surface area contributed by atoms with Crippen LogP contribution in [0.5, 0.6) is 11.5 Å². The van der Waals surface area contributed by atoms with Crippen LogP contribution in [-0.2, 0) is 4.79 Å². The van der Waals surface area contributed by atoms with Gasteiger partial charge in [0.1, 0.15) is 11.5 Å². The third-order valence-corrected chi connectivity index (χ3v) is 4.83. The van der Waals surface area contributed by atoms with Gasteiger partial charge >= 0.3 is 6.18 Å². The van der Waals surface area contributed by atoms with E-state index in [1.54, 1.807) is 18.2 Å². The van der Waals surface area contributed by atoms with E-state index in [1.807, 2.05) is 6.92 Å². The third kappa shape index (κ3) is 6.30. The Labute approximate surface area is 157 Å². The normalized spacial score (nSPS) is 21.4. The van der Waals surface area contributed by atoms with Crippen LogP contribution in [0.4, 0.5) is 18.9 Å². The number of amides is 1. The number of ether oxygens (including phenoxy) is 2. The van der Waals surface area contributed by atoms with Crippen LogP contribution in [0.1, 0.15) is 39.0 Å². The Morgan fingerprint density at radius 3 is 2.63 bits per heavy atom.